The molecule has 1 amide bonds. The lowest BCUT2D eigenvalue weighted by atomic mass is 10.1. The average Bonchev–Trinajstić information content (AvgIpc) is 2.95. The Morgan fingerprint density at radius 2 is 2.24 bits per heavy atom. The number of imidazole rings is 1. The Labute approximate surface area is 121 Å². The van der Waals surface area contributed by atoms with E-state index in [4.69, 9.17) is 0 Å². The quantitative estimate of drug-likeness (QED) is 0.482. The van der Waals surface area contributed by atoms with Crippen LogP contribution in [-0.4, -0.2) is 27.3 Å². The molecular formula is C14H16N4O3. The molecule has 21 heavy (non-hydrogen) atoms. The minimum Gasteiger partial charge on any atom is -0.352 e. The Balaban J connectivity index is 1.89. The minimum absolute atomic E-state index is 0.0734. The summed E-state index contributed by atoms with van der Waals surface area (Å²) < 4.78 is 0. The molecule has 0 fully saturated rings. The monoisotopic (exact) mass is 288 g/mol. The van der Waals surface area contributed by atoms with E-state index in [9.17, 15) is 14.9 Å². The molecule has 2 N–H and O–H groups in total. The number of hydrogen-bond donors (Lipinski definition) is 2. The van der Waals surface area contributed by atoms with Gasteiger partial charge in [0.1, 0.15) is 5.82 Å². The highest BCUT2D eigenvalue weighted by Crippen LogP contribution is 2.16. The lowest BCUT2D eigenvalue weighted by Crippen LogP contribution is -2.25. The number of nitrogens with one attached hydrogen (secondary N) is 2. The molecule has 0 atom stereocenters. The molecule has 0 saturated heterocycles. The molecular weight excluding hydrogens is 272 g/mol. The van der Waals surface area contributed by atoms with Crippen LogP contribution in [0.2, 0.25) is 0 Å². The van der Waals surface area contributed by atoms with E-state index in [-0.39, 0.29) is 11.6 Å². The van der Waals surface area contributed by atoms with Gasteiger partial charge in [-0.25, -0.2) is 4.98 Å². The Kier molecular flexibility index (Phi) is 4.65. The summed E-state index contributed by atoms with van der Waals surface area (Å²) in [5.74, 6) is 0.566. The van der Waals surface area contributed by atoms with E-state index in [1.807, 2.05) is 0 Å². The van der Waals surface area contributed by atoms with E-state index >= 15 is 0 Å². The van der Waals surface area contributed by atoms with Gasteiger partial charge in [0, 0.05) is 43.1 Å². The van der Waals surface area contributed by atoms with Crippen molar-refractivity contribution in [3.63, 3.8) is 0 Å². The number of aromatic nitrogens is 2. The van der Waals surface area contributed by atoms with Crippen LogP contribution in [0.25, 0.3) is 0 Å². The van der Waals surface area contributed by atoms with E-state index in [2.05, 4.69) is 15.3 Å². The molecule has 0 aliphatic heterocycles. The normalized spacial score (nSPS) is 10.3. The maximum absolute atomic E-state index is 12.0. The van der Waals surface area contributed by atoms with Gasteiger partial charge in [0.25, 0.3) is 11.6 Å². The molecule has 7 nitrogen and oxygen atoms in total. The predicted molar refractivity (Wildman–Crippen MR) is 77.1 cm³/mol. The molecule has 1 aromatic heterocycles. The van der Waals surface area contributed by atoms with E-state index in [1.54, 1.807) is 25.4 Å². The first-order chi connectivity index (χ1) is 10.1. The number of rotatable bonds is 6. The third kappa shape index (κ3) is 4.13. The van der Waals surface area contributed by atoms with Crippen LogP contribution >= 0.6 is 0 Å². The molecule has 0 bridgehead atoms. The van der Waals surface area contributed by atoms with Crippen LogP contribution in [0.5, 0.6) is 0 Å². The van der Waals surface area contributed by atoms with Crippen molar-refractivity contribution in [1.82, 2.24) is 15.3 Å². The molecule has 1 heterocycles. The van der Waals surface area contributed by atoms with E-state index in [0.717, 1.165) is 18.7 Å². The predicted octanol–water partition coefficient (Wildman–Crippen LogP) is 1.99. The summed E-state index contributed by atoms with van der Waals surface area (Å²) in [6, 6.07) is 4.36. The smallest absolute Gasteiger partial charge is 0.270 e. The third-order valence-electron chi connectivity index (χ3n) is 2.97. The lowest BCUT2D eigenvalue weighted by Gasteiger charge is -2.05. The van der Waals surface area contributed by atoms with E-state index < -0.39 is 4.92 Å². The van der Waals surface area contributed by atoms with Gasteiger partial charge in [-0.3, -0.25) is 14.9 Å². The summed E-state index contributed by atoms with van der Waals surface area (Å²) >= 11 is 0. The van der Waals surface area contributed by atoms with Crippen LogP contribution < -0.4 is 5.32 Å². The van der Waals surface area contributed by atoms with Gasteiger partial charge in [0.2, 0.25) is 0 Å². The highest BCUT2D eigenvalue weighted by molar-refractivity contribution is 5.95. The van der Waals surface area contributed by atoms with Crippen molar-refractivity contribution in [2.45, 2.75) is 19.8 Å². The number of H-pyrrole nitrogens is 1. The molecule has 0 radical (unpaired) electrons. The average molecular weight is 288 g/mol. The van der Waals surface area contributed by atoms with Crippen molar-refractivity contribution >= 4 is 11.6 Å². The standard InChI is InChI=1S/C14H16N4O3/c1-10-7-11(9-12(8-10)18(20)21)14(19)17-4-2-3-13-15-5-6-16-13/h5-9H,2-4H2,1H3,(H,15,16)(H,17,19). The molecule has 2 aromatic rings. The number of aromatic amines is 1. The van der Waals surface area contributed by atoms with Crippen molar-refractivity contribution in [3.8, 4) is 0 Å². The van der Waals surface area contributed by atoms with Crippen molar-refractivity contribution in [3.05, 3.63) is 57.7 Å². The number of nitro groups is 1. The van der Waals surface area contributed by atoms with E-state index in [0.29, 0.717) is 17.7 Å². The van der Waals surface area contributed by atoms with Gasteiger partial charge in [0.05, 0.1) is 4.92 Å². The summed E-state index contributed by atoms with van der Waals surface area (Å²) in [5.41, 5.74) is 0.917. The maximum Gasteiger partial charge on any atom is 0.270 e. The number of nitro benzene ring substituents is 1. The molecule has 7 heteroatoms. The summed E-state index contributed by atoms with van der Waals surface area (Å²) in [4.78, 5) is 29.3. The fourth-order valence-electron chi connectivity index (χ4n) is 1.99. The lowest BCUT2D eigenvalue weighted by molar-refractivity contribution is -0.384. The van der Waals surface area contributed by atoms with Crippen LogP contribution in [0.3, 0.4) is 0 Å². The van der Waals surface area contributed by atoms with Crippen LogP contribution in [0.4, 0.5) is 5.69 Å². The molecule has 0 saturated carbocycles. The fraction of sp³-hybridized carbons (Fsp3) is 0.286. The van der Waals surface area contributed by atoms with Gasteiger partial charge in [-0.1, -0.05) is 0 Å². The number of amides is 1. The molecule has 0 aliphatic carbocycles. The highest BCUT2D eigenvalue weighted by Gasteiger charge is 2.12. The topological polar surface area (TPSA) is 101 Å². The zero-order valence-corrected chi connectivity index (χ0v) is 11.6. The first-order valence-corrected chi connectivity index (χ1v) is 6.59. The summed E-state index contributed by atoms with van der Waals surface area (Å²) in [7, 11) is 0. The molecule has 0 aliphatic rings. The SMILES string of the molecule is Cc1cc(C(=O)NCCCc2ncc[nH]2)cc([N+](=O)[O-])c1. The molecule has 0 unspecified atom stereocenters. The van der Waals surface area contributed by atoms with Gasteiger partial charge in [-0.2, -0.15) is 0 Å². The number of carbonyl (C=O) groups is 1. The van der Waals surface area contributed by atoms with Gasteiger partial charge < -0.3 is 10.3 Å². The van der Waals surface area contributed by atoms with Crippen molar-refractivity contribution < 1.29 is 9.72 Å². The number of non-ortho nitro benzene ring substituents is 1. The fourth-order valence-corrected chi connectivity index (χ4v) is 1.99. The second-order valence-corrected chi connectivity index (χ2v) is 4.71. The van der Waals surface area contributed by atoms with Crippen molar-refractivity contribution in [1.29, 1.82) is 0 Å². The second kappa shape index (κ2) is 6.65. The number of nitrogens with zero attached hydrogens (tertiary/aromatic N) is 2. The maximum atomic E-state index is 12.0. The Morgan fingerprint density at radius 1 is 1.43 bits per heavy atom. The Bertz CT molecular complexity index is 638. The van der Waals surface area contributed by atoms with Crippen molar-refractivity contribution in [2.24, 2.45) is 0 Å². The molecule has 1 aromatic carbocycles. The zero-order chi connectivity index (χ0) is 15.2. The summed E-state index contributed by atoms with van der Waals surface area (Å²) in [6.45, 7) is 2.21. The van der Waals surface area contributed by atoms with Gasteiger partial charge in [-0.05, 0) is 25.0 Å². The van der Waals surface area contributed by atoms with Gasteiger partial charge >= 0.3 is 0 Å². The van der Waals surface area contributed by atoms with Crippen LogP contribution in [0, 0.1) is 17.0 Å². The number of aryl methyl sites for hydroxylation is 2. The highest BCUT2D eigenvalue weighted by atomic mass is 16.6. The third-order valence-corrected chi connectivity index (χ3v) is 2.97. The summed E-state index contributed by atoms with van der Waals surface area (Å²) in [5, 5.41) is 13.5. The summed E-state index contributed by atoms with van der Waals surface area (Å²) in [6.07, 6.45) is 4.91. The van der Waals surface area contributed by atoms with Crippen LogP contribution in [-0.2, 0) is 6.42 Å². The van der Waals surface area contributed by atoms with Crippen LogP contribution in [0.15, 0.2) is 30.6 Å². The number of carbonyl (C=O) groups excluding carboxylic acids is 1. The molecule has 110 valence electrons. The van der Waals surface area contributed by atoms with E-state index in [1.165, 1.54) is 12.1 Å². The first kappa shape index (κ1) is 14.7. The van der Waals surface area contributed by atoms with Crippen molar-refractivity contribution in [2.75, 3.05) is 6.54 Å². The molecule has 2 rings (SSSR count). The molecule has 0 spiro atoms. The Hall–Kier alpha value is -2.70. The van der Waals surface area contributed by atoms with Crippen LogP contribution in [0.1, 0.15) is 28.2 Å². The zero-order valence-electron chi connectivity index (χ0n) is 11.6. The minimum atomic E-state index is -0.499. The first-order valence-electron chi connectivity index (χ1n) is 6.59. The number of benzene rings is 1. The largest absolute Gasteiger partial charge is 0.352 e. The Morgan fingerprint density at radius 3 is 2.90 bits per heavy atom. The van der Waals surface area contributed by atoms with Gasteiger partial charge in [-0.15, -0.1) is 0 Å². The number of hydrogen-bond acceptors (Lipinski definition) is 4. The van der Waals surface area contributed by atoms with Gasteiger partial charge in [0.15, 0.2) is 0 Å². The second-order valence-electron chi connectivity index (χ2n) is 4.71.